The Labute approximate surface area is 131 Å². The number of rotatable bonds is 7. The highest BCUT2D eigenvalue weighted by Gasteiger charge is 2.37. The summed E-state index contributed by atoms with van der Waals surface area (Å²) in [5.41, 5.74) is 1.58. The average Bonchev–Trinajstić information content (AvgIpc) is 2.98. The normalized spacial score (nSPS) is 18.9. The smallest absolute Gasteiger partial charge is 0.244 e. The van der Waals surface area contributed by atoms with E-state index in [9.17, 15) is 14.4 Å². The van der Waals surface area contributed by atoms with Crippen LogP contribution in [0.1, 0.15) is 45.4 Å². The van der Waals surface area contributed by atoms with Gasteiger partial charge in [0, 0.05) is 33.0 Å². The minimum Gasteiger partial charge on any atom is -0.347 e. The predicted molar refractivity (Wildman–Crippen MR) is 81.0 cm³/mol. The third-order valence-corrected chi connectivity index (χ3v) is 4.07. The molecule has 7 heteroatoms. The number of likely N-dealkylation sites (N-methyl/N-ethyl adjacent to an activating group) is 1. The molecule has 0 bridgehead atoms. The second-order valence-electron chi connectivity index (χ2n) is 6.00. The van der Waals surface area contributed by atoms with Crippen LogP contribution in [0.3, 0.4) is 0 Å². The molecule has 0 unspecified atom stereocenters. The number of amides is 3. The highest BCUT2D eigenvalue weighted by Crippen LogP contribution is 2.24. The molecule has 0 spiro atoms. The van der Waals surface area contributed by atoms with Crippen LogP contribution in [0.25, 0.3) is 0 Å². The van der Waals surface area contributed by atoms with Gasteiger partial charge >= 0.3 is 0 Å². The third-order valence-electron chi connectivity index (χ3n) is 4.07. The molecule has 0 aliphatic carbocycles. The topological polar surface area (TPSA) is 90.0 Å². The van der Waals surface area contributed by atoms with Crippen molar-refractivity contribution in [2.24, 2.45) is 5.92 Å². The van der Waals surface area contributed by atoms with E-state index in [2.05, 4.69) is 0 Å². The second-order valence-corrected chi connectivity index (χ2v) is 6.00. The fourth-order valence-electron chi connectivity index (χ4n) is 2.85. The van der Waals surface area contributed by atoms with Gasteiger partial charge in [0.2, 0.25) is 17.7 Å². The summed E-state index contributed by atoms with van der Waals surface area (Å²) < 4.78 is 0. The first-order chi connectivity index (χ1) is 10.4. The molecular weight excluding hydrogens is 286 g/mol. The Hall–Kier alpha value is -1.63. The molecular formula is C15H27N3O4. The highest BCUT2D eigenvalue weighted by molar-refractivity contribution is 5.90. The Morgan fingerprint density at radius 2 is 2.05 bits per heavy atom. The lowest BCUT2D eigenvalue weighted by Crippen LogP contribution is -2.48. The Bertz CT molecular complexity index is 412. The van der Waals surface area contributed by atoms with Gasteiger partial charge < -0.3 is 9.80 Å². The number of likely N-dealkylation sites (tertiary alicyclic amines) is 1. The van der Waals surface area contributed by atoms with Crippen molar-refractivity contribution in [2.75, 3.05) is 20.6 Å². The Morgan fingerprint density at radius 3 is 2.59 bits per heavy atom. The van der Waals surface area contributed by atoms with Gasteiger partial charge in [-0.3, -0.25) is 19.6 Å². The molecule has 1 fully saturated rings. The summed E-state index contributed by atoms with van der Waals surface area (Å²) in [6.07, 6.45) is 3.74. The molecule has 2 N–H and O–H groups in total. The van der Waals surface area contributed by atoms with E-state index in [0.717, 1.165) is 19.3 Å². The summed E-state index contributed by atoms with van der Waals surface area (Å²) in [4.78, 5) is 39.4. The molecule has 0 aromatic rings. The minimum atomic E-state index is -0.566. The van der Waals surface area contributed by atoms with Gasteiger partial charge in [-0.1, -0.05) is 19.8 Å². The maximum atomic E-state index is 12.7. The number of hydrogen-bond acceptors (Lipinski definition) is 4. The van der Waals surface area contributed by atoms with Crippen molar-refractivity contribution < 1.29 is 19.6 Å². The molecule has 1 saturated heterocycles. The molecule has 0 aromatic carbocycles. The Kier molecular flexibility index (Phi) is 7.31. The van der Waals surface area contributed by atoms with Crippen molar-refractivity contribution in [3.8, 4) is 0 Å². The van der Waals surface area contributed by atoms with Crippen LogP contribution >= 0.6 is 0 Å². The van der Waals surface area contributed by atoms with Crippen LogP contribution in [0.15, 0.2) is 0 Å². The molecule has 2 atom stereocenters. The quantitative estimate of drug-likeness (QED) is 0.536. The molecule has 126 valence electrons. The van der Waals surface area contributed by atoms with E-state index in [4.69, 9.17) is 5.21 Å². The van der Waals surface area contributed by atoms with Crippen molar-refractivity contribution in [2.45, 2.75) is 51.5 Å². The molecule has 7 nitrogen and oxygen atoms in total. The summed E-state index contributed by atoms with van der Waals surface area (Å²) in [6, 6.07) is -0.427. The van der Waals surface area contributed by atoms with Crippen LogP contribution < -0.4 is 5.48 Å². The number of nitrogens with one attached hydrogen (secondary N) is 1. The van der Waals surface area contributed by atoms with Crippen LogP contribution in [-0.2, 0) is 14.4 Å². The van der Waals surface area contributed by atoms with Gasteiger partial charge in [-0.25, -0.2) is 5.48 Å². The number of hydroxylamine groups is 1. The Morgan fingerprint density at radius 1 is 1.36 bits per heavy atom. The van der Waals surface area contributed by atoms with E-state index in [0.29, 0.717) is 19.4 Å². The zero-order chi connectivity index (χ0) is 16.7. The zero-order valence-corrected chi connectivity index (χ0v) is 13.7. The molecule has 0 radical (unpaired) electrons. The zero-order valence-electron chi connectivity index (χ0n) is 13.7. The van der Waals surface area contributed by atoms with Crippen LogP contribution in [-0.4, -0.2) is 59.4 Å². The number of unbranched alkanes of at least 4 members (excludes halogenated alkanes) is 1. The van der Waals surface area contributed by atoms with Crippen LogP contribution in [0, 0.1) is 5.92 Å². The van der Waals surface area contributed by atoms with E-state index < -0.39 is 17.9 Å². The van der Waals surface area contributed by atoms with Gasteiger partial charge in [0.25, 0.3) is 0 Å². The Balaban J connectivity index is 2.82. The fraction of sp³-hybridized carbons (Fsp3) is 0.800. The summed E-state index contributed by atoms with van der Waals surface area (Å²) in [7, 11) is 3.36. The average molecular weight is 313 g/mol. The largest absolute Gasteiger partial charge is 0.347 e. The van der Waals surface area contributed by atoms with Crippen molar-refractivity contribution in [1.29, 1.82) is 0 Å². The van der Waals surface area contributed by atoms with E-state index in [1.807, 2.05) is 6.92 Å². The van der Waals surface area contributed by atoms with Gasteiger partial charge in [0.1, 0.15) is 6.04 Å². The fourth-order valence-corrected chi connectivity index (χ4v) is 2.85. The van der Waals surface area contributed by atoms with Crippen molar-refractivity contribution in [3.63, 3.8) is 0 Å². The lowest BCUT2D eigenvalue weighted by Gasteiger charge is -2.29. The maximum Gasteiger partial charge on any atom is 0.244 e. The predicted octanol–water partition coefficient (Wildman–Crippen LogP) is 0.768. The van der Waals surface area contributed by atoms with Gasteiger partial charge in [0.15, 0.2) is 0 Å². The van der Waals surface area contributed by atoms with Gasteiger partial charge in [-0.05, 0) is 19.3 Å². The third kappa shape index (κ3) is 4.69. The number of carbonyl (C=O) groups excluding carboxylic acids is 3. The summed E-state index contributed by atoms with van der Waals surface area (Å²) in [5, 5.41) is 8.68. The standard InChI is InChI=1S/C15H27N3O4/c1-4-5-7-11(10-13(19)16-22)14(20)18-9-6-8-12(18)15(21)17(2)3/h11-12,22H,4-10H2,1-3H3,(H,16,19)/t11-,12+/m1/s1. The van der Waals surface area contributed by atoms with Crippen LogP contribution in [0.5, 0.6) is 0 Å². The van der Waals surface area contributed by atoms with Crippen molar-refractivity contribution in [1.82, 2.24) is 15.3 Å². The molecule has 22 heavy (non-hydrogen) atoms. The lowest BCUT2D eigenvalue weighted by molar-refractivity contribution is -0.146. The van der Waals surface area contributed by atoms with Gasteiger partial charge in [-0.15, -0.1) is 0 Å². The van der Waals surface area contributed by atoms with E-state index in [-0.39, 0.29) is 18.2 Å². The van der Waals surface area contributed by atoms with E-state index in [1.54, 1.807) is 24.5 Å². The number of hydrogen-bond donors (Lipinski definition) is 2. The summed E-state index contributed by atoms with van der Waals surface area (Å²) in [5.74, 6) is -1.28. The van der Waals surface area contributed by atoms with Gasteiger partial charge in [-0.2, -0.15) is 0 Å². The lowest BCUT2D eigenvalue weighted by atomic mass is 9.96. The molecule has 0 saturated carbocycles. The first kappa shape index (κ1) is 18.4. The SMILES string of the molecule is CCCC[C@H](CC(=O)NO)C(=O)N1CCC[C@H]1C(=O)N(C)C. The summed E-state index contributed by atoms with van der Waals surface area (Å²) >= 11 is 0. The molecule has 1 aliphatic rings. The highest BCUT2D eigenvalue weighted by atomic mass is 16.5. The van der Waals surface area contributed by atoms with E-state index >= 15 is 0 Å². The maximum absolute atomic E-state index is 12.7. The first-order valence-electron chi connectivity index (χ1n) is 7.86. The summed E-state index contributed by atoms with van der Waals surface area (Å²) in [6.45, 7) is 2.56. The molecule has 1 heterocycles. The molecule has 1 aliphatic heterocycles. The van der Waals surface area contributed by atoms with Crippen LogP contribution in [0.2, 0.25) is 0 Å². The molecule has 0 aromatic heterocycles. The number of nitrogens with zero attached hydrogens (tertiary/aromatic N) is 2. The van der Waals surface area contributed by atoms with Crippen LogP contribution in [0.4, 0.5) is 0 Å². The minimum absolute atomic E-state index is 0.0469. The molecule has 1 rings (SSSR count). The van der Waals surface area contributed by atoms with Crippen molar-refractivity contribution in [3.05, 3.63) is 0 Å². The van der Waals surface area contributed by atoms with E-state index in [1.165, 1.54) is 4.90 Å². The monoisotopic (exact) mass is 313 g/mol. The number of carbonyl (C=O) groups is 3. The second kappa shape index (κ2) is 8.73. The van der Waals surface area contributed by atoms with Gasteiger partial charge in [0.05, 0.1) is 0 Å². The van der Waals surface area contributed by atoms with Crippen molar-refractivity contribution >= 4 is 17.7 Å². The molecule has 3 amide bonds. The first-order valence-corrected chi connectivity index (χ1v) is 7.86.